The lowest BCUT2D eigenvalue weighted by Gasteiger charge is -2.63. The third-order valence-electron chi connectivity index (χ3n) is 19.5. The van der Waals surface area contributed by atoms with Gasteiger partial charge < -0.3 is 89.3 Å². The van der Waals surface area contributed by atoms with Crippen LogP contribution in [0.3, 0.4) is 0 Å². The number of ether oxygens (including phenoxy) is 7. The number of aliphatic hydroxyl groups is 11. The Hall–Kier alpha value is -1.47. The van der Waals surface area contributed by atoms with E-state index in [1.54, 1.807) is 0 Å². The highest BCUT2D eigenvalue weighted by Gasteiger charge is 2.83. The predicted molar refractivity (Wildman–Crippen MR) is 225 cm³/mol. The van der Waals surface area contributed by atoms with E-state index in [-0.39, 0.29) is 70.6 Å². The van der Waals surface area contributed by atoms with Crippen LogP contribution in [0.1, 0.15) is 86.0 Å². The molecule has 4 heterocycles. The number of rotatable bonds is 11. The second-order valence-electron chi connectivity index (χ2n) is 22.5. The van der Waals surface area contributed by atoms with Crippen molar-refractivity contribution >= 4 is 5.97 Å². The lowest BCUT2D eigenvalue weighted by Crippen LogP contribution is -2.64. The lowest BCUT2D eigenvalue weighted by atomic mass is 9.41. The summed E-state index contributed by atoms with van der Waals surface area (Å²) in [5.41, 5.74) is -1.17. The Bertz CT molecular complexity index is 1810. The third kappa shape index (κ3) is 7.34. The standard InChI is InChI=1S/C47H74O19/c1-20-6-7-24(62-39(20)59)21(2)30-22(50)14-45(5)28-9-8-27-43(3,19-49)29(10-11-46(27)18-47(28,46)13-12-44(30,45)4)65-42-38(31(52)23(51)16-60-42)66-41-37(58)35(56)33(54)26(64-41)17-61-40-36(57)34(55)32(53)25(15-48)63-40/h6-7,20-38,40-42,48-58H,8-19H2,1-5H3/t20?,21-,22-,23+,24+,25-,26-,27+,28+,29+,30+,31+,32-,33-,34+,35+,36-,37-,38-,40-,41+,42+,43+,44-,45+,46-,47+/m1/s1. The fourth-order valence-electron chi connectivity index (χ4n) is 15.7. The molecule has 19 nitrogen and oxygen atoms in total. The molecule has 4 aliphatic heterocycles. The minimum Gasteiger partial charge on any atom is -0.457 e. The fraction of sp³-hybridized carbons (Fsp3) is 0.936. The number of esters is 1. The van der Waals surface area contributed by atoms with Gasteiger partial charge in [-0.1, -0.05) is 33.8 Å². The quantitative estimate of drug-likeness (QED) is 0.0645. The Labute approximate surface area is 384 Å². The summed E-state index contributed by atoms with van der Waals surface area (Å²) >= 11 is 0. The first kappa shape index (κ1) is 49.5. The van der Waals surface area contributed by atoms with Gasteiger partial charge in [0.2, 0.25) is 0 Å². The summed E-state index contributed by atoms with van der Waals surface area (Å²) < 4.78 is 41.5. The van der Waals surface area contributed by atoms with Crippen molar-refractivity contribution in [3.05, 3.63) is 12.2 Å². The van der Waals surface area contributed by atoms with Gasteiger partial charge in [0, 0.05) is 11.3 Å². The molecule has 376 valence electrons. The molecule has 8 fully saturated rings. The Kier molecular flexibility index (Phi) is 13.3. The number of cyclic esters (lactones) is 1. The molecule has 66 heavy (non-hydrogen) atoms. The zero-order chi connectivity index (χ0) is 47.6. The van der Waals surface area contributed by atoms with Crippen molar-refractivity contribution in [2.75, 3.05) is 26.4 Å². The predicted octanol–water partition coefficient (Wildman–Crippen LogP) is -1.40. The smallest absolute Gasteiger partial charge is 0.313 e. The second kappa shape index (κ2) is 17.7. The molecule has 0 bridgehead atoms. The number of hydrogen-bond acceptors (Lipinski definition) is 19. The van der Waals surface area contributed by atoms with Gasteiger partial charge >= 0.3 is 5.97 Å². The number of carbonyl (C=O) groups excluding carboxylic acids is 1. The Morgan fingerprint density at radius 2 is 1.36 bits per heavy atom. The number of carbonyl (C=O) groups is 1. The van der Waals surface area contributed by atoms with Gasteiger partial charge in [0.05, 0.1) is 44.6 Å². The van der Waals surface area contributed by atoms with E-state index in [0.717, 1.165) is 38.5 Å². The van der Waals surface area contributed by atoms with Crippen LogP contribution in [0, 0.1) is 56.7 Å². The average Bonchev–Trinajstić information content (AvgIpc) is 3.90. The van der Waals surface area contributed by atoms with Gasteiger partial charge in [0.15, 0.2) is 18.9 Å². The topological polar surface area (TPSA) is 304 Å². The first-order valence-corrected chi connectivity index (χ1v) is 24.2. The number of fused-ring (bicyclic) bond motifs is 2. The van der Waals surface area contributed by atoms with E-state index in [2.05, 4.69) is 20.8 Å². The molecular weight excluding hydrogens is 868 g/mol. The van der Waals surface area contributed by atoms with Crippen molar-refractivity contribution in [1.82, 2.24) is 0 Å². The maximum Gasteiger partial charge on any atom is 0.313 e. The molecule has 5 saturated carbocycles. The first-order valence-electron chi connectivity index (χ1n) is 24.2. The summed E-state index contributed by atoms with van der Waals surface area (Å²) in [6.45, 7) is 8.89. The average molecular weight is 943 g/mol. The molecule has 0 radical (unpaired) electrons. The summed E-state index contributed by atoms with van der Waals surface area (Å²) in [7, 11) is 0. The van der Waals surface area contributed by atoms with Gasteiger partial charge in [-0.3, -0.25) is 4.79 Å². The first-order chi connectivity index (χ1) is 31.1. The minimum absolute atomic E-state index is 0.0201. The molecule has 0 aromatic heterocycles. The Morgan fingerprint density at radius 3 is 2.05 bits per heavy atom. The summed E-state index contributed by atoms with van der Waals surface area (Å²) in [5, 5.41) is 119. The van der Waals surface area contributed by atoms with Gasteiger partial charge in [0.1, 0.15) is 73.2 Å². The molecule has 0 aromatic rings. The van der Waals surface area contributed by atoms with Crippen LogP contribution in [0.2, 0.25) is 0 Å². The molecule has 0 aromatic carbocycles. The number of hydrogen-bond donors (Lipinski definition) is 11. The van der Waals surface area contributed by atoms with Crippen molar-refractivity contribution < 1.29 is 94.1 Å². The molecule has 2 spiro atoms. The molecular formula is C47H74O19. The maximum atomic E-state index is 12.6. The molecule has 0 amide bonds. The van der Waals surface area contributed by atoms with Crippen LogP contribution in [0.15, 0.2) is 12.2 Å². The molecule has 1 unspecified atom stereocenters. The summed E-state index contributed by atoms with van der Waals surface area (Å²) in [5.74, 6) is -0.239. The van der Waals surface area contributed by atoms with Crippen molar-refractivity contribution in [3.63, 3.8) is 0 Å². The van der Waals surface area contributed by atoms with Crippen molar-refractivity contribution in [1.29, 1.82) is 0 Å². The zero-order valence-corrected chi connectivity index (χ0v) is 38.5. The van der Waals surface area contributed by atoms with E-state index >= 15 is 0 Å². The van der Waals surface area contributed by atoms with E-state index in [1.165, 1.54) is 0 Å². The highest BCUT2D eigenvalue weighted by molar-refractivity contribution is 5.75. The largest absolute Gasteiger partial charge is 0.457 e. The normalized spacial score (nSPS) is 57.2. The Balaban J connectivity index is 0.894. The Morgan fingerprint density at radius 1 is 0.712 bits per heavy atom. The van der Waals surface area contributed by atoms with E-state index in [4.69, 9.17) is 33.2 Å². The van der Waals surface area contributed by atoms with E-state index in [9.17, 15) is 61.0 Å². The second-order valence-corrected chi connectivity index (χ2v) is 22.5. The summed E-state index contributed by atoms with van der Waals surface area (Å²) in [6.07, 6.45) is -13.5. The highest BCUT2D eigenvalue weighted by atomic mass is 16.8. The minimum atomic E-state index is -1.88. The SMILES string of the molecule is CC1C=C[C@@H]([C@@H](C)[C@H]2[C@H](O)C[C@@]3(C)[C@@H]4CC[C@H]5[C@](C)(CO)[C@@H](O[C@@H]6OC[C@H](O)[C@H](O)[C@H]6O[C@@H]6O[C@H](CO[C@@H]7O[C@H](CO)[C@@H](O)[C@H](O)[C@H]7O)[C@@H](O)[C@H](O)[C@H]6O)CC[C@@]56C[C@@]46CC[C@]23C)OC1=O. The molecule has 9 aliphatic rings. The fourth-order valence-corrected chi connectivity index (χ4v) is 15.7. The van der Waals surface area contributed by atoms with Crippen molar-refractivity contribution in [3.8, 4) is 0 Å². The third-order valence-corrected chi connectivity index (χ3v) is 19.5. The van der Waals surface area contributed by atoms with Gasteiger partial charge in [-0.2, -0.15) is 0 Å². The summed E-state index contributed by atoms with van der Waals surface area (Å²) in [6, 6.07) is 0. The van der Waals surface area contributed by atoms with Crippen LogP contribution in [0.4, 0.5) is 0 Å². The molecule has 5 aliphatic carbocycles. The molecule has 11 N–H and O–H groups in total. The van der Waals surface area contributed by atoms with Crippen LogP contribution < -0.4 is 0 Å². The highest BCUT2D eigenvalue weighted by Crippen LogP contribution is 2.89. The van der Waals surface area contributed by atoms with Crippen LogP contribution in [-0.4, -0.2) is 193 Å². The van der Waals surface area contributed by atoms with Crippen LogP contribution in [0.5, 0.6) is 0 Å². The molecule has 19 heteroatoms. The maximum absolute atomic E-state index is 12.6. The molecule has 9 rings (SSSR count). The van der Waals surface area contributed by atoms with Crippen LogP contribution in [-0.2, 0) is 38.0 Å². The molecule has 3 saturated heterocycles. The van der Waals surface area contributed by atoms with Gasteiger partial charge in [-0.25, -0.2) is 0 Å². The van der Waals surface area contributed by atoms with E-state index < -0.39 is 117 Å². The van der Waals surface area contributed by atoms with Gasteiger partial charge in [0.25, 0.3) is 0 Å². The number of aliphatic hydroxyl groups excluding tert-OH is 11. The molecule has 27 atom stereocenters. The zero-order valence-electron chi connectivity index (χ0n) is 38.5. The van der Waals surface area contributed by atoms with E-state index in [1.807, 2.05) is 26.0 Å². The van der Waals surface area contributed by atoms with Gasteiger partial charge in [-0.05, 0) is 104 Å². The van der Waals surface area contributed by atoms with Crippen LogP contribution in [0.25, 0.3) is 0 Å². The van der Waals surface area contributed by atoms with E-state index in [0.29, 0.717) is 18.8 Å². The van der Waals surface area contributed by atoms with Crippen LogP contribution >= 0.6 is 0 Å². The van der Waals surface area contributed by atoms with Gasteiger partial charge in [-0.15, -0.1) is 0 Å². The van der Waals surface area contributed by atoms with Crippen molar-refractivity contribution in [2.45, 2.75) is 190 Å². The lowest BCUT2D eigenvalue weighted by molar-refractivity contribution is -0.372. The van der Waals surface area contributed by atoms with Crippen molar-refractivity contribution in [2.24, 2.45) is 56.7 Å². The monoisotopic (exact) mass is 942 g/mol. The summed E-state index contributed by atoms with van der Waals surface area (Å²) in [4.78, 5) is 12.6.